The Balaban J connectivity index is 2.28. The summed E-state index contributed by atoms with van der Waals surface area (Å²) in [7, 11) is 0. The highest BCUT2D eigenvalue weighted by atomic mass is 16.7. The lowest BCUT2D eigenvalue weighted by molar-refractivity contribution is -0.149. The summed E-state index contributed by atoms with van der Waals surface area (Å²) in [5.41, 5.74) is 4.18. The zero-order chi connectivity index (χ0) is 14.3. The first-order valence-corrected chi connectivity index (χ1v) is 5.82. The number of carbonyl (C=O) groups excluding carboxylic acids is 1. The average Bonchev–Trinajstić information content (AvgIpc) is 2.34. The van der Waals surface area contributed by atoms with Gasteiger partial charge >= 0.3 is 5.97 Å². The summed E-state index contributed by atoms with van der Waals surface area (Å²) in [5.74, 6) is -0.835. The van der Waals surface area contributed by atoms with E-state index in [9.17, 15) is 9.59 Å². The fourth-order valence-electron chi connectivity index (χ4n) is 1.36. The molecule has 0 bridgehead atoms. The first-order chi connectivity index (χ1) is 9.00. The summed E-state index contributed by atoms with van der Waals surface area (Å²) in [6.45, 7) is 3.56. The fourth-order valence-corrected chi connectivity index (χ4v) is 1.36. The molecule has 1 rings (SSSR count). The van der Waals surface area contributed by atoms with E-state index in [2.05, 4.69) is 4.84 Å². The van der Waals surface area contributed by atoms with Crippen molar-refractivity contribution in [1.29, 1.82) is 0 Å². The highest BCUT2D eigenvalue weighted by Gasteiger charge is 2.05. The normalized spacial score (nSPS) is 10.0. The number of hydroxylamine groups is 1. The SMILES string of the molecule is Cc1cccc(OCCC(=O)NOCC(=O)O)c1C. The highest BCUT2D eigenvalue weighted by Crippen LogP contribution is 2.20. The van der Waals surface area contributed by atoms with Gasteiger partial charge in [-0.05, 0) is 31.0 Å². The summed E-state index contributed by atoms with van der Waals surface area (Å²) >= 11 is 0. The number of nitrogens with one attached hydrogen (secondary N) is 1. The number of hydrogen-bond donors (Lipinski definition) is 2. The standard InChI is InChI=1S/C13H17NO5/c1-9-4-3-5-11(10(9)2)18-7-6-12(15)14-19-8-13(16)17/h3-5H,6-8H2,1-2H3,(H,14,15)(H,16,17). The van der Waals surface area contributed by atoms with Crippen molar-refractivity contribution in [2.24, 2.45) is 0 Å². The average molecular weight is 267 g/mol. The summed E-state index contributed by atoms with van der Waals surface area (Å²) in [6.07, 6.45) is 0.0903. The molecule has 1 amide bonds. The third-order valence-corrected chi connectivity index (χ3v) is 2.52. The number of carbonyl (C=O) groups is 2. The van der Waals surface area contributed by atoms with Crippen molar-refractivity contribution in [2.75, 3.05) is 13.2 Å². The molecule has 0 spiro atoms. The van der Waals surface area contributed by atoms with Crippen LogP contribution in [0.1, 0.15) is 17.5 Å². The molecule has 0 unspecified atom stereocenters. The van der Waals surface area contributed by atoms with Crippen LogP contribution >= 0.6 is 0 Å². The van der Waals surface area contributed by atoms with Gasteiger partial charge in [-0.25, -0.2) is 10.3 Å². The van der Waals surface area contributed by atoms with Crippen LogP contribution in [-0.2, 0) is 14.4 Å². The Bertz CT molecular complexity index is 458. The minimum absolute atomic E-state index is 0.0903. The summed E-state index contributed by atoms with van der Waals surface area (Å²) in [6, 6.07) is 5.70. The van der Waals surface area contributed by atoms with E-state index in [1.165, 1.54) is 0 Å². The van der Waals surface area contributed by atoms with E-state index in [0.29, 0.717) is 0 Å². The van der Waals surface area contributed by atoms with Gasteiger partial charge in [0.25, 0.3) is 0 Å². The number of aryl methyl sites for hydroxylation is 1. The van der Waals surface area contributed by atoms with E-state index in [-0.39, 0.29) is 13.0 Å². The van der Waals surface area contributed by atoms with Gasteiger partial charge in [0.2, 0.25) is 5.91 Å². The molecule has 0 heterocycles. The number of aliphatic carboxylic acids is 1. The van der Waals surface area contributed by atoms with Crippen LogP contribution in [0.2, 0.25) is 0 Å². The van der Waals surface area contributed by atoms with E-state index in [1.54, 1.807) is 0 Å². The van der Waals surface area contributed by atoms with Gasteiger partial charge in [-0.3, -0.25) is 9.63 Å². The van der Waals surface area contributed by atoms with Crippen LogP contribution in [-0.4, -0.2) is 30.2 Å². The second-order valence-corrected chi connectivity index (χ2v) is 4.00. The van der Waals surface area contributed by atoms with Crippen molar-refractivity contribution < 1.29 is 24.3 Å². The summed E-state index contributed by atoms with van der Waals surface area (Å²) in [5, 5.41) is 8.31. The van der Waals surface area contributed by atoms with Crippen molar-refractivity contribution in [3.8, 4) is 5.75 Å². The predicted molar refractivity (Wildman–Crippen MR) is 67.8 cm³/mol. The second kappa shape index (κ2) is 7.38. The molecule has 1 aromatic carbocycles. The van der Waals surface area contributed by atoms with Crippen LogP contribution < -0.4 is 10.2 Å². The number of rotatable bonds is 7. The number of ether oxygens (including phenoxy) is 1. The molecule has 0 fully saturated rings. The number of carboxylic acid groups (broad SMARTS) is 1. The van der Waals surface area contributed by atoms with Crippen LogP contribution in [0.5, 0.6) is 5.75 Å². The Morgan fingerprint density at radius 3 is 2.74 bits per heavy atom. The Morgan fingerprint density at radius 1 is 1.32 bits per heavy atom. The van der Waals surface area contributed by atoms with Gasteiger partial charge in [0, 0.05) is 0 Å². The fraction of sp³-hybridized carbons (Fsp3) is 0.385. The molecule has 0 atom stereocenters. The summed E-state index contributed by atoms with van der Waals surface area (Å²) < 4.78 is 5.48. The Labute approximate surface area is 111 Å². The molecule has 0 saturated heterocycles. The van der Waals surface area contributed by atoms with Crippen molar-refractivity contribution >= 4 is 11.9 Å². The smallest absolute Gasteiger partial charge is 0.332 e. The van der Waals surface area contributed by atoms with Crippen LogP contribution in [0.4, 0.5) is 0 Å². The molecule has 0 saturated carbocycles. The first-order valence-electron chi connectivity index (χ1n) is 5.82. The maximum atomic E-state index is 11.3. The van der Waals surface area contributed by atoms with Gasteiger partial charge in [-0.1, -0.05) is 12.1 Å². The van der Waals surface area contributed by atoms with Gasteiger partial charge in [0.1, 0.15) is 5.75 Å². The molecule has 0 aliphatic heterocycles. The lowest BCUT2D eigenvalue weighted by atomic mass is 10.1. The summed E-state index contributed by atoms with van der Waals surface area (Å²) in [4.78, 5) is 25.9. The topological polar surface area (TPSA) is 84.9 Å². The third-order valence-electron chi connectivity index (χ3n) is 2.52. The number of carboxylic acids is 1. The number of amides is 1. The predicted octanol–water partition coefficient (Wildman–Crippen LogP) is 1.20. The van der Waals surface area contributed by atoms with E-state index < -0.39 is 18.5 Å². The maximum absolute atomic E-state index is 11.3. The zero-order valence-corrected chi connectivity index (χ0v) is 10.9. The number of hydrogen-bond acceptors (Lipinski definition) is 4. The van der Waals surface area contributed by atoms with E-state index in [0.717, 1.165) is 16.9 Å². The number of benzene rings is 1. The molecule has 104 valence electrons. The van der Waals surface area contributed by atoms with Crippen molar-refractivity contribution in [3.05, 3.63) is 29.3 Å². The molecular formula is C13H17NO5. The van der Waals surface area contributed by atoms with Crippen molar-refractivity contribution in [2.45, 2.75) is 20.3 Å². The molecule has 2 N–H and O–H groups in total. The molecule has 19 heavy (non-hydrogen) atoms. The molecule has 6 heteroatoms. The van der Waals surface area contributed by atoms with Crippen molar-refractivity contribution in [1.82, 2.24) is 5.48 Å². The largest absolute Gasteiger partial charge is 0.493 e. The minimum Gasteiger partial charge on any atom is -0.493 e. The quantitative estimate of drug-likeness (QED) is 0.725. The van der Waals surface area contributed by atoms with Gasteiger partial charge in [0.05, 0.1) is 13.0 Å². The van der Waals surface area contributed by atoms with Crippen LogP contribution in [0.3, 0.4) is 0 Å². The van der Waals surface area contributed by atoms with Crippen molar-refractivity contribution in [3.63, 3.8) is 0 Å². The monoisotopic (exact) mass is 267 g/mol. The van der Waals surface area contributed by atoms with E-state index in [1.807, 2.05) is 37.5 Å². The maximum Gasteiger partial charge on any atom is 0.332 e. The van der Waals surface area contributed by atoms with Crippen LogP contribution in [0.15, 0.2) is 18.2 Å². The van der Waals surface area contributed by atoms with Gasteiger partial charge in [0.15, 0.2) is 6.61 Å². The molecule has 0 radical (unpaired) electrons. The van der Waals surface area contributed by atoms with Crippen LogP contribution in [0.25, 0.3) is 0 Å². The Morgan fingerprint density at radius 2 is 2.05 bits per heavy atom. The van der Waals surface area contributed by atoms with Gasteiger partial charge < -0.3 is 9.84 Å². The zero-order valence-electron chi connectivity index (χ0n) is 10.9. The van der Waals surface area contributed by atoms with Crippen LogP contribution in [0, 0.1) is 13.8 Å². The minimum atomic E-state index is -1.15. The lowest BCUT2D eigenvalue weighted by Gasteiger charge is -2.10. The molecular weight excluding hydrogens is 250 g/mol. The van der Waals surface area contributed by atoms with E-state index in [4.69, 9.17) is 9.84 Å². The van der Waals surface area contributed by atoms with Gasteiger partial charge in [-0.15, -0.1) is 0 Å². The molecule has 0 aromatic heterocycles. The van der Waals surface area contributed by atoms with E-state index >= 15 is 0 Å². The molecule has 0 aliphatic carbocycles. The molecule has 6 nitrogen and oxygen atoms in total. The highest BCUT2D eigenvalue weighted by molar-refractivity contribution is 5.75. The first kappa shape index (κ1) is 15.0. The molecule has 1 aromatic rings. The Hall–Kier alpha value is -2.08. The second-order valence-electron chi connectivity index (χ2n) is 4.00. The molecule has 0 aliphatic rings. The third kappa shape index (κ3) is 5.39. The Kier molecular flexibility index (Phi) is 5.81. The lowest BCUT2D eigenvalue weighted by Crippen LogP contribution is -2.27. The van der Waals surface area contributed by atoms with Gasteiger partial charge in [-0.2, -0.15) is 0 Å².